The molecular weight excluding hydrogens is 311 g/mol. The Kier molecular flexibility index (Phi) is 5.15. The second kappa shape index (κ2) is 7.08. The van der Waals surface area contributed by atoms with Crippen molar-refractivity contribution in [2.24, 2.45) is 0 Å². The topological polar surface area (TPSA) is 64.1 Å². The maximum atomic E-state index is 12.5. The summed E-state index contributed by atoms with van der Waals surface area (Å²) < 4.78 is 42.4. The Hall–Kier alpha value is -2.64. The molecule has 0 saturated carbocycles. The van der Waals surface area contributed by atoms with Gasteiger partial charge in [0.25, 0.3) is 0 Å². The van der Waals surface area contributed by atoms with Crippen LogP contribution in [0.5, 0.6) is 6.01 Å². The van der Waals surface area contributed by atoms with Gasteiger partial charge in [-0.05, 0) is 24.6 Å². The first-order chi connectivity index (χ1) is 10.9. The van der Waals surface area contributed by atoms with Crippen molar-refractivity contribution in [3.63, 3.8) is 0 Å². The van der Waals surface area contributed by atoms with Gasteiger partial charge >= 0.3 is 12.2 Å². The largest absolute Gasteiger partial charge is 0.464 e. The van der Waals surface area contributed by atoms with Crippen LogP contribution < -0.4 is 10.1 Å². The Bertz CT molecular complexity index is 655. The van der Waals surface area contributed by atoms with Crippen molar-refractivity contribution in [1.29, 1.82) is 0 Å². The van der Waals surface area contributed by atoms with Crippen LogP contribution in [0.1, 0.15) is 18.1 Å². The molecule has 1 aromatic heterocycles. The molecule has 8 heteroatoms. The minimum absolute atomic E-state index is 0.0502. The predicted octanol–water partition coefficient (Wildman–Crippen LogP) is 3.08. The zero-order chi connectivity index (χ0) is 16.9. The number of carbonyl (C=O) groups is 1. The van der Waals surface area contributed by atoms with Crippen LogP contribution in [0.4, 0.5) is 18.9 Å². The minimum Gasteiger partial charge on any atom is -0.464 e. The molecule has 23 heavy (non-hydrogen) atoms. The number of alkyl halides is 3. The molecule has 1 N–H and O–H groups in total. The van der Waals surface area contributed by atoms with Crippen molar-refractivity contribution in [3.8, 4) is 6.01 Å². The van der Waals surface area contributed by atoms with Gasteiger partial charge in [-0.25, -0.2) is 9.97 Å². The second-order valence-corrected chi connectivity index (χ2v) is 4.61. The van der Waals surface area contributed by atoms with E-state index in [0.717, 1.165) is 12.1 Å². The van der Waals surface area contributed by atoms with E-state index in [0.29, 0.717) is 17.9 Å². The fraction of sp³-hybridized carbons (Fsp3) is 0.267. The molecule has 122 valence electrons. The van der Waals surface area contributed by atoms with Crippen LogP contribution in [-0.2, 0) is 17.4 Å². The summed E-state index contributed by atoms with van der Waals surface area (Å²) in [5.41, 5.74) is 0.106. The number of hydrogen-bond donors (Lipinski definition) is 1. The fourth-order valence-electron chi connectivity index (χ4n) is 1.79. The highest BCUT2D eigenvalue weighted by atomic mass is 19.4. The van der Waals surface area contributed by atoms with Crippen molar-refractivity contribution >= 4 is 11.6 Å². The smallest absolute Gasteiger partial charge is 0.416 e. The molecular formula is C15H14F3N3O2. The highest BCUT2D eigenvalue weighted by Crippen LogP contribution is 2.29. The summed E-state index contributed by atoms with van der Waals surface area (Å²) in [5.74, 6) is -0.377. The number of halogens is 3. The average Bonchev–Trinajstić information content (AvgIpc) is 2.49. The molecule has 0 saturated heterocycles. The van der Waals surface area contributed by atoms with Crippen molar-refractivity contribution in [3.05, 3.63) is 47.8 Å². The number of nitrogens with one attached hydrogen (secondary N) is 1. The minimum atomic E-state index is -4.39. The number of aromatic nitrogens is 2. The van der Waals surface area contributed by atoms with E-state index in [1.807, 2.05) is 0 Å². The molecule has 0 bridgehead atoms. The first-order valence-corrected chi connectivity index (χ1v) is 6.79. The zero-order valence-electron chi connectivity index (χ0n) is 12.2. The summed E-state index contributed by atoms with van der Waals surface area (Å²) in [7, 11) is 0. The van der Waals surface area contributed by atoms with E-state index in [-0.39, 0.29) is 18.3 Å². The van der Waals surface area contributed by atoms with Gasteiger partial charge in [-0.15, -0.1) is 0 Å². The van der Waals surface area contributed by atoms with Gasteiger partial charge in [0.05, 0.1) is 36.7 Å². The molecule has 1 aromatic carbocycles. The van der Waals surface area contributed by atoms with E-state index in [2.05, 4.69) is 15.3 Å². The zero-order valence-corrected chi connectivity index (χ0v) is 12.2. The summed E-state index contributed by atoms with van der Waals surface area (Å²) >= 11 is 0. The van der Waals surface area contributed by atoms with E-state index < -0.39 is 11.7 Å². The second-order valence-electron chi connectivity index (χ2n) is 4.61. The van der Waals surface area contributed by atoms with Gasteiger partial charge in [-0.1, -0.05) is 12.1 Å². The molecule has 0 unspecified atom stereocenters. The third-order valence-corrected chi connectivity index (χ3v) is 2.83. The molecule has 0 radical (unpaired) electrons. The predicted molar refractivity (Wildman–Crippen MR) is 77.0 cm³/mol. The first kappa shape index (κ1) is 16.7. The third-order valence-electron chi connectivity index (χ3n) is 2.83. The molecule has 0 aliphatic heterocycles. The lowest BCUT2D eigenvalue weighted by Gasteiger charge is -2.08. The number of amides is 1. The van der Waals surface area contributed by atoms with Crippen molar-refractivity contribution in [1.82, 2.24) is 9.97 Å². The molecule has 2 rings (SSSR count). The monoisotopic (exact) mass is 325 g/mol. The van der Waals surface area contributed by atoms with Gasteiger partial charge in [-0.2, -0.15) is 13.2 Å². The number of ether oxygens (including phenoxy) is 1. The quantitative estimate of drug-likeness (QED) is 0.917. The lowest BCUT2D eigenvalue weighted by Crippen LogP contribution is -2.15. The van der Waals surface area contributed by atoms with Crippen LogP contribution in [0.15, 0.2) is 36.7 Å². The van der Waals surface area contributed by atoms with Crippen LogP contribution in [0.3, 0.4) is 0 Å². The molecule has 2 aromatic rings. The Balaban J connectivity index is 1.94. The first-order valence-electron chi connectivity index (χ1n) is 6.79. The summed E-state index contributed by atoms with van der Waals surface area (Å²) in [6.07, 6.45) is -1.66. The number of anilines is 1. The van der Waals surface area contributed by atoms with E-state index in [1.54, 1.807) is 6.92 Å². The Morgan fingerprint density at radius 2 is 1.78 bits per heavy atom. The van der Waals surface area contributed by atoms with Gasteiger partial charge in [0.1, 0.15) is 0 Å². The normalized spacial score (nSPS) is 11.1. The van der Waals surface area contributed by atoms with Gasteiger partial charge in [0, 0.05) is 0 Å². The summed E-state index contributed by atoms with van der Waals surface area (Å²) in [6.45, 7) is 2.22. The molecule has 0 aliphatic rings. The summed E-state index contributed by atoms with van der Waals surface area (Å²) in [6, 6.07) is 4.65. The van der Waals surface area contributed by atoms with Crippen LogP contribution in [0, 0.1) is 0 Å². The van der Waals surface area contributed by atoms with E-state index in [9.17, 15) is 18.0 Å². The van der Waals surface area contributed by atoms with Crippen molar-refractivity contribution in [2.75, 3.05) is 11.9 Å². The van der Waals surface area contributed by atoms with E-state index in [4.69, 9.17) is 4.74 Å². The lowest BCUT2D eigenvalue weighted by molar-refractivity contribution is -0.137. The van der Waals surface area contributed by atoms with E-state index >= 15 is 0 Å². The van der Waals surface area contributed by atoms with Gasteiger partial charge in [0.15, 0.2) is 0 Å². The molecule has 0 aliphatic carbocycles. The number of rotatable bonds is 5. The third kappa shape index (κ3) is 4.94. The van der Waals surface area contributed by atoms with Gasteiger partial charge < -0.3 is 10.1 Å². The van der Waals surface area contributed by atoms with Crippen LogP contribution in [0.25, 0.3) is 0 Å². The highest BCUT2D eigenvalue weighted by molar-refractivity contribution is 5.91. The molecule has 1 amide bonds. The van der Waals surface area contributed by atoms with Crippen LogP contribution >= 0.6 is 0 Å². The van der Waals surface area contributed by atoms with Crippen LogP contribution in [0.2, 0.25) is 0 Å². The molecule has 1 heterocycles. The fourth-order valence-corrected chi connectivity index (χ4v) is 1.79. The Labute approximate surface area is 130 Å². The van der Waals surface area contributed by atoms with Gasteiger partial charge in [0.2, 0.25) is 5.91 Å². The molecule has 0 atom stereocenters. The van der Waals surface area contributed by atoms with Crippen molar-refractivity contribution < 1.29 is 22.7 Å². The molecule has 0 spiro atoms. The molecule has 0 fully saturated rings. The number of hydrogen-bond acceptors (Lipinski definition) is 4. The van der Waals surface area contributed by atoms with Gasteiger partial charge in [-0.3, -0.25) is 4.79 Å². The SMILES string of the molecule is CCOc1ncc(NC(=O)Cc2ccc(C(F)(F)F)cc2)cn1. The maximum absolute atomic E-state index is 12.5. The summed E-state index contributed by atoms with van der Waals surface area (Å²) in [5, 5.41) is 2.56. The molecule has 5 nitrogen and oxygen atoms in total. The lowest BCUT2D eigenvalue weighted by atomic mass is 10.1. The standard InChI is InChI=1S/C15H14F3N3O2/c1-2-23-14-19-8-12(9-20-14)21-13(22)7-10-3-5-11(6-4-10)15(16,17)18/h3-6,8-9H,2,7H2,1H3,(H,21,22). The Morgan fingerprint density at radius 3 is 2.30 bits per heavy atom. The summed E-state index contributed by atoms with van der Waals surface area (Å²) in [4.78, 5) is 19.6. The Morgan fingerprint density at radius 1 is 1.17 bits per heavy atom. The number of nitrogens with zero attached hydrogens (tertiary/aromatic N) is 2. The van der Waals surface area contributed by atoms with E-state index in [1.165, 1.54) is 24.5 Å². The average molecular weight is 325 g/mol. The number of benzene rings is 1. The highest BCUT2D eigenvalue weighted by Gasteiger charge is 2.29. The maximum Gasteiger partial charge on any atom is 0.416 e. The number of carbonyl (C=O) groups excluding carboxylic acids is 1. The van der Waals surface area contributed by atoms with Crippen molar-refractivity contribution in [2.45, 2.75) is 19.5 Å². The van der Waals surface area contributed by atoms with Crippen LogP contribution in [-0.4, -0.2) is 22.5 Å².